The quantitative estimate of drug-likeness (QED) is 0.556. The number of piperidine rings is 1. The summed E-state index contributed by atoms with van der Waals surface area (Å²) >= 11 is 1.39. The van der Waals surface area contributed by atoms with Gasteiger partial charge in [0, 0.05) is 18.8 Å². The summed E-state index contributed by atoms with van der Waals surface area (Å²) in [5.41, 5.74) is 2.94. The summed E-state index contributed by atoms with van der Waals surface area (Å²) in [6.45, 7) is 4.03. The Hall–Kier alpha value is -3.00. The number of carbonyl (C=O) groups excluding carboxylic acids is 1. The third-order valence-corrected chi connectivity index (χ3v) is 6.18. The van der Waals surface area contributed by atoms with E-state index in [0.29, 0.717) is 5.16 Å². The maximum absolute atomic E-state index is 12.5. The van der Waals surface area contributed by atoms with Crippen LogP contribution in [-0.2, 0) is 4.79 Å². The van der Waals surface area contributed by atoms with Gasteiger partial charge in [0.25, 0.3) is 0 Å². The molecule has 0 bridgehead atoms. The fourth-order valence-corrected chi connectivity index (χ4v) is 4.32. The van der Waals surface area contributed by atoms with E-state index < -0.39 is 0 Å². The molecular formula is C23H27N5O2S. The van der Waals surface area contributed by atoms with Crippen molar-refractivity contribution in [1.29, 1.82) is 0 Å². The van der Waals surface area contributed by atoms with Gasteiger partial charge in [-0.2, -0.15) is 0 Å². The van der Waals surface area contributed by atoms with E-state index in [2.05, 4.69) is 56.2 Å². The predicted octanol–water partition coefficient (Wildman–Crippen LogP) is 4.31. The molecule has 0 radical (unpaired) electrons. The largest absolute Gasteiger partial charge is 0.497 e. The van der Waals surface area contributed by atoms with Gasteiger partial charge >= 0.3 is 0 Å². The van der Waals surface area contributed by atoms with Crippen LogP contribution in [0.3, 0.4) is 0 Å². The highest BCUT2D eigenvalue weighted by molar-refractivity contribution is 7.99. The Morgan fingerprint density at radius 3 is 2.42 bits per heavy atom. The van der Waals surface area contributed by atoms with E-state index in [1.165, 1.54) is 23.7 Å². The van der Waals surface area contributed by atoms with Crippen molar-refractivity contribution >= 4 is 29.3 Å². The zero-order valence-electron chi connectivity index (χ0n) is 17.9. The van der Waals surface area contributed by atoms with Gasteiger partial charge in [0.1, 0.15) is 5.75 Å². The molecule has 1 aromatic heterocycles. The number of nitrogens with one attached hydrogen (secondary N) is 1. The number of rotatable bonds is 7. The van der Waals surface area contributed by atoms with Crippen LogP contribution in [0.2, 0.25) is 0 Å². The maximum Gasteiger partial charge on any atom is 0.234 e. The molecule has 162 valence electrons. The topological polar surface area (TPSA) is 72.3 Å². The first kappa shape index (κ1) is 21.2. The van der Waals surface area contributed by atoms with Crippen LogP contribution in [0.15, 0.2) is 53.7 Å². The summed E-state index contributed by atoms with van der Waals surface area (Å²) in [4.78, 5) is 14.8. The summed E-state index contributed by atoms with van der Waals surface area (Å²) in [5, 5.41) is 12.6. The van der Waals surface area contributed by atoms with Crippen LogP contribution >= 0.6 is 11.8 Å². The number of anilines is 2. The van der Waals surface area contributed by atoms with Gasteiger partial charge in [-0.1, -0.05) is 29.5 Å². The molecule has 0 unspecified atom stereocenters. The first-order valence-electron chi connectivity index (χ1n) is 10.5. The smallest absolute Gasteiger partial charge is 0.234 e. The molecule has 0 spiro atoms. The van der Waals surface area contributed by atoms with Gasteiger partial charge in [-0.25, -0.2) is 0 Å². The minimum Gasteiger partial charge on any atom is -0.497 e. The summed E-state index contributed by atoms with van der Waals surface area (Å²) in [6.07, 6.45) is 3.57. The number of aromatic nitrogens is 3. The van der Waals surface area contributed by atoms with Crippen molar-refractivity contribution in [2.45, 2.75) is 31.3 Å². The molecule has 7 nitrogen and oxygen atoms in total. The van der Waals surface area contributed by atoms with Gasteiger partial charge in [-0.05, 0) is 62.6 Å². The molecule has 1 saturated heterocycles. The number of hydrogen-bond donors (Lipinski definition) is 1. The average molecular weight is 438 g/mol. The molecule has 1 N–H and O–H groups in total. The molecule has 0 atom stereocenters. The number of carbonyl (C=O) groups is 1. The second-order valence-electron chi connectivity index (χ2n) is 7.57. The van der Waals surface area contributed by atoms with E-state index in [4.69, 9.17) is 4.74 Å². The Morgan fingerprint density at radius 2 is 1.74 bits per heavy atom. The summed E-state index contributed by atoms with van der Waals surface area (Å²) < 4.78 is 7.22. The van der Waals surface area contributed by atoms with E-state index in [-0.39, 0.29) is 11.7 Å². The van der Waals surface area contributed by atoms with E-state index >= 15 is 0 Å². The van der Waals surface area contributed by atoms with Crippen LogP contribution < -0.4 is 15.0 Å². The normalized spacial score (nSPS) is 13.8. The second-order valence-corrected chi connectivity index (χ2v) is 8.51. The molecule has 1 aliphatic rings. The van der Waals surface area contributed by atoms with Crippen molar-refractivity contribution in [2.75, 3.05) is 36.2 Å². The number of thioether (sulfide) groups is 1. The number of nitrogens with zero attached hydrogens (tertiary/aromatic N) is 4. The number of amides is 1. The lowest BCUT2D eigenvalue weighted by Crippen LogP contribution is -2.31. The molecule has 0 saturated carbocycles. The molecule has 8 heteroatoms. The van der Waals surface area contributed by atoms with E-state index in [1.54, 1.807) is 7.11 Å². The van der Waals surface area contributed by atoms with Crippen molar-refractivity contribution in [2.24, 2.45) is 0 Å². The van der Waals surface area contributed by atoms with E-state index in [1.807, 2.05) is 24.3 Å². The van der Waals surface area contributed by atoms with Gasteiger partial charge in [-0.3, -0.25) is 9.36 Å². The number of methoxy groups -OCH3 is 1. The molecule has 31 heavy (non-hydrogen) atoms. The molecule has 3 aromatic rings. The zero-order valence-corrected chi connectivity index (χ0v) is 18.7. The lowest BCUT2D eigenvalue weighted by atomic mass is 10.1. The fourth-order valence-electron chi connectivity index (χ4n) is 3.58. The standard InChI is InChI=1S/C23H27N5O2S/c1-17-6-10-19(11-7-17)28-22(27-14-4-3-5-15-27)25-26-23(28)31-16-21(29)24-18-8-12-20(30-2)13-9-18/h6-13H,3-5,14-16H2,1-2H3,(H,24,29). The highest BCUT2D eigenvalue weighted by Crippen LogP contribution is 2.28. The lowest BCUT2D eigenvalue weighted by molar-refractivity contribution is -0.113. The molecule has 2 aromatic carbocycles. The van der Waals surface area contributed by atoms with Gasteiger partial charge in [0.15, 0.2) is 5.16 Å². The number of aryl methyl sites for hydroxylation is 1. The minimum atomic E-state index is -0.0897. The van der Waals surface area contributed by atoms with Crippen molar-refractivity contribution in [3.05, 3.63) is 54.1 Å². The van der Waals surface area contributed by atoms with Crippen LogP contribution in [0.25, 0.3) is 5.69 Å². The third-order valence-electron chi connectivity index (χ3n) is 5.25. The van der Waals surface area contributed by atoms with Crippen LogP contribution in [0.1, 0.15) is 24.8 Å². The van der Waals surface area contributed by atoms with Crippen molar-refractivity contribution < 1.29 is 9.53 Å². The zero-order chi connectivity index (χ0) is 21.6. The number of benzene rings is 2. The number of hydrogen-bond acceptors (Lipinski definition) is 6. The van der Waals surface area contributed by atoms with Crippen LogP contribution in [0, 0.1) is 6.92 Å². The Balaban J connectivity index is 1.50. The monoisotopic (exact) mass is 437 g/mol. The van der Waals surface area contributed by atoms with Crippen molar-refractivity contribution in [3.8, 4) is 11.4 Å². The second kappa shape index (κ2) is 9.87. The van der Waals surface area contributed by atoms with Gasteiger partial charge in [0.05, 0.1) is 18.6 Å². The Labute approximate surface area is 186 Å². The summed E-state index contributed by atoms with van der Waals surface area (Å²) in [6, 6.07) is 15.6. The first-order chi connectivity index (χ1) is 15.1. The minimum absolute atomic E-state index is 0.0897. The average Bonchev–Trinajstić information content (AvgIpc) is 3.23. The fraction of sp³-hybridized carbons (Fsp3) is 0.348. The molecule has 1 fully saturated rings. The number of ether oxygens (including phenoxy) is 1. The van der Waals surface area contributed by atoms with Crippen molar-refractivity contribution in [3.63, 3.8) is 0 Å². The van der Waals surface area contributed by atoms with Crippen LogP contribution in [0.5, 0.6) is 5.75 Å². The van der Waals surface area contributed by atoms with Gasteiger partial charge in [0.2, 0.25) is 11.9 Å². The summed E-state index contributed by atoms with van der Waals surface area (Å²) in [5.74, 6) is 1.76. The molecular weight excluding hydrogens is 410 g/mol. The van der Waals surface area contributed by atoms with Crippen LogP contribution in [0.4, 0.5) is 11.6 Å². The van der Waals surface area contributed by atoms with E-state index in [0.717, 1.165) is 49.0 Å². The Morgan fingerprint density at radius 1 is 1.03 bits per heavy atom. The Kier molecular flexibility index (Phi) is 6.76. The van der Waals surface area contributed by atoms with E-state index in [9.17, 15) is 4.79 Å². The van der Waals surface area contributed by atoms with Gasteiger partial charge < -0.3 is 15.0 Å². The van der Waals surface area contributed by atoms with Crippen molar-refractivity contribution in [1.82, 2.24) is 14.8 Å². The van der Waals surface area contributed by atoms with Crippen LogP contribution in [-0.4, -0.2) is 46.6 Å². The predicted molar refractivity (Wildman–Crippen MR) is 125 cm³/mol. The highest BCUT2D eigenvalue weighted by Gasteiger charge is 2.22. The molecule has 1 aliphatic heterocycles. The summed E-state index contributed by atoms with van der Waals surface area (Å²) in [7, 11) is 1.62. The lowest BCUT2D eigenvalue weighted by Gasteiger charge is -2.27. The SMILES string of the molecule is COc1ccc(NC(=O)CSc2nnc(N3CCCCC3)n2-c2ccc(C)cc2)cc1. The third kappa shape index (κ3) is 5.19. The molecule has 2 heterocycles. The molecule has 4 rings (SSSR count). The highest BCUT2D eigenvalue weighted by atomic mass is 32.2. The van der Waals surface area contributed by atoms with Gasteiger partial charge in [-0.15, -0.1) is 10.2 Å². The maximum atomic E-state index is 12.5. The molecule has 0 aliphatic carbocycles. The molecule has 1 amide bonds. The Bertz CT molecular complexity index is 1010. The first-order valence-corrected chi connectivity index (χ1v) is 11.5.